The number of halogens is 3. The zero-order valence-corrected chi connectivity index (χ0v) is 12.7. The highest BCUT2D eigenvalue weighted by Crippen LogP contribution is 2.48. The molecule has 2 rings (SSSR count). The van der Waals surface area contributed by atoms with Crippen LogP contribution in [-0.4, -0.2) is 24.7 Å². The third kappa shape index (κ3) is 2.14. The lowest BCUT2D eigenvalue weighted by Gasteiger charge is -2.31. The molecular formula is C12H14Cl3NO2. The predicted molar refractivity (Wildman–Crippen MR) is 74.1 cm³/mol. The molecule has 0 aliphatic carbocycles. The maximum absolute atomic E-state index is 6.37. The van der Waals surface area contributed by atoms with Crippen molar-refractivity contribution in [1.82, 2.24) is 4.42 Å². The Bertz CT molecular complexity index is 436. The summed E-state index contributed by atoms with van der Waals surface area (Å²) in [7, 11) is 3.09. The van der Waals surface area contributed by atoms with Gasteiger partial charge in [-0.25, -0.2) is 4.42 Å². The number of hydrogen-bond acceptors (Lipinski definition) is 3. The Morgan fingerprint density at radius 1 is 1.06 bits per heavy atom. The molecule has 6 heteroatoms. The topological polar surface area (TPSA) is 21.7 Å². The van der Waals surface area contributed by atoms with Gasteiger partial charge in [-0.1, -0.05) is 23.2 Å². The molecular weight excluding hydrogens is 296 g/mol. The van der Waals surface area contributed by atoms with Crippen molar-refractivity contribution in [3.05, 3.63) is 21.2 Å². The van der Waals surface area contributed by atoms with Crippen LogP contribution in [0.4, 0.5) is 0 Å². The minimum atomic E-state index is 0.200. The van der Waals surface area contributed by atoms with Crippen molar-refractivity contribution in [3.63, 3.8) is 0 Å². The smallest absolute Gasteiger partial charge is 0.181 e. The van der Waals surface area contributed by atoms with E-state index in [4.69, 9.17) is 44.5 Å². The van der Waals surface area contributed by atoms with E-state index in [1.807, 2.05) is 6.92 Å². The van der Waals surface area contributed by atoms with E-state index in [2.05, 4.69) is 0 Å². The lowest BCUT2D eigenvalue weighted by atomic mass is 9.95. The maximum atomic E-state index is 6.37. The molecule has 1 atom stereocenters. The Morgan fingerprint density at radius 3 is 2.06 bits per heavy atom. The Labute approximate surface area is 122 Å². The number of methoxy groups -OCH3 is 2. The number of hydrogen-bond donors (Lipinski definition) is 0. The first kappa shape index (κ1) is 14.1. The van der Waals surface area contributed by atoms with Gasteiger partial charge in [0.05, 0.1) is 24.3 Å². The van der Waals surface area contributed by atoms with Gasteiger partial charge in [-0.3, -0.25) is 0 Å². The summed E-state index contributed by atoms with van der Waals surface area (Å²) >= 11 is 18.9. The lowest BCUT2D eigenvalue weighted by molar-refractivity contribution is 0.321. The second-order valence-corrected chi connectivity index (χ2v) is 5.45. The molecule has 0 fully saturated rings. The normalized spacial score (nSPS) is 19.6. The molecule has 18 heavy (non-hydrogen) atoms. The highest BCUT2D eigenvalue weighted by atomic mass is 35.5. The summed E-state index contributed by atoms with van der Waals surface area (Å²) in [4.78, 5) is 0. The van der Waals surface area contributed by atoms with E-state index in [1.54, 1.807) is 11.5 Å². The summed E-state index contributed by atoms with van der Waals surface area (Å²) < 4.78 is 12.3. The quantitative estimate of drug-likeness (QED) is 0.773. The average Bonchev–Trinajstić information content (AvgIpc) is 2.35. The molecule has 0 bridgehead atoms. The zero-order valence-electron chi connectivity index (χ0n) is 10.4. The Kier molecular flexibility index (Phi) is 4.17. The third-order valence-corrected chi connectivity index (χ3v) is 4.45. The molecule has 0 radical (unpaired) electrons. The molecule has 1 unspecified atom stereocenters. The molecule has 3 nitrogen and oxygen atoms in total. The fourth-order valence-corrected chi connectivity index (χ4v) is 3.06. The molecule has 1 aliphatic rings. The molecule has 0 saturated carbocycles. The van der Waals surface area contributed by atoms with Crippen LogP contribution < -0.4 is 9.47 Å². The van der Waals surface area contributed by atoms with Crippen LogP contribution in [0.2, 0.25) is 10.0 Å². The Hall–Kier alpha value is -0.350. The van der Waals surface area contributed by atoms with Gasteiger partial charge < -0.3 is 9.47 Å². The molecule has 1 aromatic carbocycles. The van der Waals surface area contributed by atoms with Gasteiger partial charge in [0.1, 0.15) is 0 Å². The van der Waals surface area contributed by atoms with Crippen molar-refractivity contribution in [2.24, 2.45) is 0 Å². The van der Waals surface area contributed by atoms with E-state index in [-0.39, 0.29) is 6.04 Å². The molecule has 0 amide bonds. The number of fused-ring (bicyclic) bond motifs is 1. The number of nitrogens with zero attached hydrogens (tertiary/aromatic N) is 1. The van der Waals surface area contributed by atoms with Gasteiger partial charge >= 0.3 is 0 Å². The van der Waals surface area contributed by atoms with Gasteiger partial charge in [0.2, 0.25) is 0 Å². The van der Waals surface area contributed by atoms with Crippen LogP contribution in [0.5, 0.6) is 11.5 Å². The van der Waals surface area contributed by atoms with E-state index in [9.17, 15) is 0 Å². The zero-order chi connectivity index (χ0) is 13.4. The first-order chi connectivity index (χ1) is 8.51. The lowest BCUT2D eigenvalue weighted by Crippen LogP contribution is -2.31. The molecule has 1 heterocycles. The van der Waals surface area contributed by atoms with Gasteiger partial charge in [-0.05, 0) is 36.2 Å². The monoisotopic (exact) mass is 309 g/mol. The summed E-state index contributed by atoms with van der Waals surface area (Å²) in [6.45, 7) is 2.58. The molecule has 1 aromatic rings. The van der Waals surface area contributed by atoms with Crippen LogP contribution in [-0.2, 0) is 13.0 Å². The number of benzene rings is 1. The van der Waals surface area contributed by atoms with Crippen LogP contribution in [0.25, 0.3) is 0 Å². The molecule has 100 valence electrons. The SMILES string of the molecule is COc1c(Cl)c2c(c(Cl)c1OC)CN(Cl)C(C)C2. The standard InChI is InChI=1S/C12H14Cl3NO2/c1-6-4-7-8(5-16(6)15)10(14)12(18-3)11(17-2)9(7)13/h6H,4-5H2,1-3H3. The second-order valence-electron chi connectivity index (χ2n) is 4.26. The van der Waals surface area contributed by atoms with Crippen molar-refractivity contribution >= 4 is 35.0 Å². The summed E-state index contributed by atoms with van der Waals surface area (Å²) in [5.41, 5.74) is 1.90. The largest absolute Gasteiger partial charge is 0.491 e. The fourth-order valence-electron chi connectivity index (χ4n) is 2.18. The van der Waals surface area contributed by atoms with Gasteiger partial charge in [0.15, 0.2) is 11.5 Å². The van der Waals surface area contributed by atoms with Crippen LogP contribution in [0.1, 0.15) is 18.1 Å². The van der Waals surface area contributed by atoms with Crippen LogP contribution in [0, 0.1) is 0 Å². The van der Waals surface area contributed by atoms with Gasteiger partial charge in [-0.15, -0.1) is 0 Å². The van der Waals surface area contributed by atoms with Gasteiger partial charge in [0.25, 0.3) is 0 Å². The van der Waals surface area contributed by atoms with E-state index in [0.717, 1.165) is 17.5 Å². The first-order valence-electron chi connectivity index (χ1n) is 5.54. The molecule has 1 aliphatic heterocycles. The fraction of sp³-hybridized carbons (Fsp3) is 0.500. The van der Waals surface area contributed by atoms with Crippen LogP contribution in [0.3, 0.4) is 0 Å². The molecule has 0 spiro atoms. The molecule has 0 N–H and O–H groups in total. The molecule has 0 saturated heterocycles. The maximum Gasteiger partial charge on any atom is 0.181 e. The van der Waals surface area contributed by atoms with Gasteiger partial charge in [0, 0.05) is 12.6 Å². The van der Waals surface area contributed by atoms with E-state index >= 15 is 0 Å². The van der Waals surface area contributed by atoms with Crippen molar-refractivity contribution in [1.29, 1.82) is 0 Å². The summed E-state index contributed by atoms with van der Waals surface area (Å²) in [6.07, 6.45) is 0.734. The number of ether oxygens (including phenoxy) is 2. The Morgan fingerprint density at radius 2 is 1.56 bits per heavy atom. The van der Waals surface area contributed by atoms with E-state index in [1.165, 1.54) is 7.11 Å². The highest BCUT2D eigenvalue weighted by Gasteiger charge is 2.30. The summed E-state index contributed by atoms with van der Waals surface area (Å²) in [5.74, 6) is 0.945. The van der Waals surface area contributed by atoms with Crippen molar-refractivity contribution < 1.29 is 9.47 Å². The van der Waals surface area contributed by atoms with Gasteiger partial charge in [-0.2, -0.15) is 0 Å². The summed E-state index contributed by atoms with van der Waals surface area (Å²) in [6, 6.07) is 0.200. The average molecular weight is 311 g/mol. The van der Waals surface area contributed by atoms with Crippen molar-refractivity contribution in [3.8, 4) is 11.5 Å². The van der Waals surface area contributed by atoms with Crippen molar-refractivity contribution in [2.45, 2.75) is 25.9 Å². The Balaban J connectivity index is 2.66. The molecule has 0 aromatic heterocycles. The minimum Gasteiger partial charge on any atom is -0.491 e. The third-order valence-electron chi connectivity index (χ3n) is 3.19. The highest BCUT2D eigenvalue weighted by molar-refractivity contribution is 6.37. The second kappa shape index (κ2) is 5.33. The van der Waals surface area contributed by atoms with Crippen LogP contribution in [0.15, 0.2) is 0 Å². The number of rotatable bonds is 2. The van der Waals surface area contributed by atoms with Crippen molar-refractivity contribution in [2.75, 3.05) is 14.2 Å². The van der Waals surface area contributed by atoms with E-state index < -0.39 is 0 Å². The van der Waals surface area contributed by atoms with Crippen LogP contribution >= 0.6 is 35.0 Å². The van der Waals surface area contributed by atoms with E-state index in [0.29, 0.717) is 28.1 Å². The first-order valence-corrected chi connectivity index (χ1v) is 6.63. The summed E-state index contributed by atoms with van der Waals surface area (Å²) in [5, 5.41) is 1.08. The predicted octanol–water partition coefficient (Wildman–Crippen LogP) is 3.91. The minimum absolute atomic E-state index is 0.200.